The number of alkyl halides is 2. The highest BCUT2D eigenvalue weighted by atomic mass is 127. The third kappa shape index (κ3) is 8.16. The van der Waals surface area contributed by atoms with Gasteiger partial charge < -0.3 is 15.4 Å². The van der Waals surface area contributed by atoms with Gasteiger partial charge in [0.2, 0.25) is 0 Å². The Morgan fingerprint density at radius 2 is 1.90 bits per heavy atom. The minimum Gasteiger partial charge on any atom is -0.435 e. The van der Waals surface area contributed by atoms with E-state index in [9.17, 15) is 8.78 Å². The molecule has 166 valence electrons. The van der Waals surface area contributed by atoms with Crippen LogP contribution >= 0.6 is 24.0 Å². The van der Waals surface area contributed by atoms with Gasteiger partial charge >= 0.3 is 6.61 Å². The van der Waals surface area contributed by atoms with Gasteiger partial charge in [-0.15, -0.1) is 24.0 Å². The van der Waals surface area contributed by atoms with Gasteiger partial charge in [-0.1, -0.05) is 36.4 Å². The van der Waals surface area contributed by atoms with Crippen molar-refractivity contribution in [1.82, 2.24) is 20.4 Å². The van der Waals surface area contributed by atoms with E-state index < -0.39 is 6.61 Å². The Morgan fingerprint density at radius 3 is 2.61 bits per heavy atom. The predicted octanol–water partition coefficient (Wildman–Crippen LogP) is 4.41. The van der Waals surface area contributed by atoms with E-state index in [0.717, 1.165) is 11.1 Å². The number of hydrogen-bond acceptors (Lipinski definition) is 3. The topological polar surface area (TPSA) is 63.5 Å². The highest BCUT2D eigenvalue weighted by Crippen LogP contribution is 2.16. The summed E-state index contributed by atoms with van der Waals surface area (Å²) in [4.78, 5) is 4.56. The molecule has 0 aliphatic heterocycles. The fourth-order valence-corrected chi connectivity index (χ4v) is 2.96. The van der Waals surface area contributed by atoms with E-state index >= 15 is 0 Å². The van der Waals surface area contributed by atoms with Crippen molar-refractivity contribution >= 4 is 29.9 Å². The number of ether oxygens (including phenoxy) is 1. The zero-order valence-corrected chi connectivity index (χ0v) is 19.5. The van der Waals surface area contributed by atoms with Crippen molar-refractivity contribution in [2.75, 3.05) is 6.54 Å². The van der Waals surface area contributed by atoms with Crippen LogP contribution in [0.5, 0.6) is 5.75 Å². The van der Waals surface area contributed by atoms with Crippen LogP contribution in [-0.4, -0.2) is 28.9 Å². The zero-order valence-electron chi connectivity index (χ0n) is 17.2. The number of nitrogens with zero attached hydrogens (tertiary/aromatic N) is 3. The Bertz CT molecular complexity index is 951. The summed E-state index contributed by atoms with van der Waals surface area (Å²) in [6, 6.07) is 16.6. The Hall–Kier alpha value is -2.69. The second kappa shape index (κ2) is 12.9. The Kier molecular flexibility index (Phi) is 10.2. The van der Waals surface area contributed by atoms with Gasteiger partial charge in [0, 0.05) is 25.5 Å². The lowest BCUT2D eigenvalue weighted by Gasteiger charge is -2.14. The molecule has 1 aromatic heterocycles. The van der Waals surface area contributed by atoms with Crippen LogP contribution in [0.15, 0.2) is 72.0 Å². The Labute approximate surface area is 197 Å². The Morgan fingerprint density at radius 1 is 1.10 bits per heavy atom. The maximum absolute atomic E-state index is 12.4. The van der Waals surface area contributed by atoms with Crippen LogP contribution in [0.25, 0.3) is 0 Å². The lowest BCUT2D eigenvalue weighted by Crippen LogP contribution is -2.37. The van der Waals surface area contributed by atoms with E-state index in [4.69, 9.17) is 0 Å². The molecule has 0 radical (unpaired) electrons. The van der Waals surface area contributed by atoms with Crippen molar-refractivity contribution in [2.24, 2.45) is 4.99 Å². The van der Waals surface area contributed by atoms with Crippen molar-refractivity contribution < 1.29 is 13.5 Å². The smallest absolute Gasteiger partial charge is 0.387 e. The van der Waals surface area contributed by atoms with Crippen LogP contribution in [-0.2, 0) is 19.6 Å². The number of nitrogens with one attached hydrogen (secondary N) is 2. The van der Waals surface area contributed by atoms with Gasteiger partial charge in [0.15, 0.2) is 5.96 Å². The second-order valence-corrected chi connectivity index (χ2v) is 6.55. The van der Waals surface area contributed by atoms with Crippen molar-refractivity contribution in [3.05, 3.63) is 83.7 Å². The molecule has 0 bridgehead atoms. The van der Waals surface area contributed by atoms with Crippen LogP contribution in [0.4, 0.5) is 8.78 Å². The summed E-state index contributed by atoms with van der Waals surface area (Å²) in [7, 11) is 0. The van der Waals surface area contributed by atoms with E-state index in [2.05, 4.69) is 37.6 Å². The normalized spacial score (nSPS) is 11.2. The number of aromatic nitrogens is 2. The van der Waals surface area contributed by atoms with Crippen molar-refractivity contribution in [2.45, 2.75) is 33.2 Å². The van der Waals surface area contributed by atoms with E-state index in [1.54, 1.807) is 18.3 Å². The molecule has 0 atom stereocenters. The molecule has 2 N–H and O–H groups in total. The molecule has 0 fully saturated rings. The van der Waals surface area contributed by atoms with Gasteiger partial charge in [-0.25, -0.2) is 4.99 Å². The monoisotopic (exact) mass is 541 g/mol. The first-order valence-corrected chi connectivity index (χ1v) is 9.74. The summed E-state index contributed by atoms with van der Waals surface area (Å²) in [6.45, 7) is 1.47. The summed E-state index contributed by atoms with van der Waals surface area (Å²) < 4.78 is 31.1. The molecule has 0 aliphatic carbocycles. The molecule has 31 heavy (non-hydrogen) atoms. The molecule has 0 spiro atoms. The van der Waals surface area contributed by atoms with E-state index in [1.807, 2.05) is 42.1 Å². The van der Waals surface area contributed by atoms with Crippen LogP contribution in [0.1, 0.15) is 23.6 Å². The van der Waals surface area contributed by atoms with Crippen LogP contribution < -0.4 is 15.4 Å². The van der Waals surface area contributed by atoms with Crippen molar-refractivity contribution in [3.8, 4) is 5.75 Å². The minimum atomic E-state index is -2.84. The minimum absolute atomic E-state index is 0. The molecule has 0 amide bonds. The maximum atomic E-state index is 12.4. The molecule has 0 unspecified atom stereocenters. The first kappa shape index (κ1) is 24.6. The average molecular weight is 541 g/mol. The van der Waals surface area contributed by atoms with E-state index in [0.29, 0.717) is 32.1 Å². The molecular formula is C22H26F2IN5O. The average Bonchev–Trinajstić information content (AvgIpc) is 3.24. The summed E-state index contributed by atoms with van der Waals surface area (Å²) in [5, 5.41) is 10.8. The van der Waals surface area contributed by atoms with Gasteiger partial charge in [-0.05, 0) is 41.8 Å². The number of guanidine groups is 1. The molecular weight excluding hydrogens is 515 g/mol. The third-order valence-corrected chi connectivity index (χ3v) is 4.34. The zero-order chi connectivity index (χ0) is 21.2. The fraction of sp³-hybridized carbons (Fsp3) is 0.273. The number of halogens is 3. The fourth-order valence-electron chi connectivity index (χ4n) is 2.96. The van der Waals surface area contributed by atoms with Crippen LogP contribution in [0.2, 0.25) is 0 Å². The lowest BCUT2D eigenvalue weighted by molar-refractivity contribution is -0.0498. The lowest BCUT2D eigenvalue weighted by atomic mass is 10.1. The van der Waals surface area contributed by atoms with Gasteiger partial charge in [0.05, 0.1) is 13.1 Å². The van der Waals surface area contributed by atoms with Gasteiger partial charge in [0.25, 0.3) is 0 Å². The van der Waals surface area contributed by atoms with Gasteiger partial charge in [-0.2, -0.15) is 13.9 Å². The number of aliphatic imine (C=N–C) groups is 1. The number of hydrogen-bond donors (Lipinski definition) is 2. The summed E-state index contributed by atoms with van der Waals surface area (Å²) >= 11 is 0. The second-order valence-electron chi connectivity index (χ2n) is 6.55. The molecule has 2 aromatic carbocycles. The van der Waals surface area contributed by atoms with E-state index in [1.165, 1.54) is 11.6 Å². The predicted molar refractivity (Wildman–Crippen MR) is 128 cm³/mol. The molecule has 3 aromatic rings. The van der Waals surface area contributed by atoms with Gasteiger partial charge in [0.1, 0.15) is 5.75 Å². The number of rotatable bonds is 9. The molecule has 0 saturated heterocycles. The highest BCUT2D eigenvalue weighted by molar-refractivity contribution is 14.0. The summed E-state index contributed by atoms with van der Waals surface area (Å²) in [6.07, 6.45) is 3.69. The Balaban J connectivity index is 0.00000341. The molecule has 3 rings (SSSR count). The van der Waals surface area contributed by atoms with Crippen molar-refractivity contribution in [1.29, 1.82) is 0 Å². The maximum Gasteiger partial charge on any atom is 0.387 e. The quantitative estimate of drug-likeness (QED) is 0.240. The van der Waals surface area contributed by atoms with Crippen LogP contribution in [0, 0.1) is 0 Å². The van der Waals surface area contributed by atoms with Crippen molar-refractivity contribution in [3.63, 3.8) is 0 Å². The van der Waals surface area contributed by atoms with Crippen LogP contribution in [0.3, 0.4) is 0 Å². The standard InChI is InChI=1S/C22H25F2N5O.HI/c1-2-25-22(26-14-17-7-5-10-20(13-17)30-21(23)24)27-15-18-8-3-4-9-19(18)16-29-12-6-11-28-29;/h3-13,21H,2,14-16H2,1H3,(H2,25,26,27);1H. The molecule has 9 heteroatoms. The third-order valence-electron chi connectivity index (χ3n) is 4.34. The molecule has 1 heterocycles. The molecule has 6 nitrogen and oxygen atoms in total. The largest absolute Gasteiger partial charge is 0.435 e. The first-order chi connectivity index (χ1) is 14.6. The summed E-state index contributed by atoms with van der Waals surface area (Å²) in [5.74, 6) is 0.773. The molecule has 0 aliphatic rings. The van der Waals surface area contributed by atoms with E-state index in [-0.39, 0.29) is 29.7 Å². The van der Waals surface area contributed by atoms with Gasteiger partial charge in [-0.3, -0.25) is 4.68 Å². The first-order valence-electron chi connectivity index (χ1n) is 9.74. The number of benzene rings is 2. The highest BCUT2D eigenvalue weighted by Gasteiger charge is 2.06. The summed E-state index contributed by atoms with van der Waals surface area (Å²) in [5.41, 5.74) is 3.09. The molecule has 0 saturated carbocycles. The SMILES string of the molecule is CCNC(=NCc1cccc(OC(F)F)c1)NCc1ccccc1Cn1cccn1.I.